The SMILES string of the molecule is COC[C@H](C)OC[C@@H](O)CN1CCC[C@H]1c1ccc(OC)cc1. The summed E-state index contributed by atoms with van der Waals surface area (Å²) < 4.78 is 15.9. The van der Waals surface area contributed by atoms with E-state index in [1.807, 2.05) is 19.1 Å². The van der Waals surface area contributed by atoms with Gasteiger partial charge in [-0.1, -0.05) is 12.1 Å². The van der Waals surface area contributed by atoms with E-state index in [0.29, 0.717) is 25.8 Å². The lowest BCUT2D eigenvalue weighted by Gasteiger charge is -2.27. The van der Waals surface area contributed by atoms with Crippen LogP contribution in [0.5, 0.6) is 5.75 Å². The summed E-state index contributed by atoms with van der Waals surface area (Å²) in [5.41, 5.74) is 1.28. The van der Waals surface area contributed by atoms with Gasteiger partial charge in [0.15, 0.2) is 0 Å². The zero-order valence-electron chi connectivity index (χ0n) is 14.4. The van der Waals surface area contributed by atoms with Gasteiger partial charge in [0.05, 0.1) is 32.5 Å². The molecule has 23 heavy (non-hydrogen) atoms. The Morgan fingerprint density at radius 2 is 1.96 bits per heavy atom. The van der Waals surface area contributed by atoms with Crippen LogP contribution in [0, 0.1) is 0 Å². The Labute approximate surface area is 139 Å². The molecular formula is C18H29NO4. The molecule has 0 aliphatic carbocycles. The molecule has 1 heterocycles. The Hall–Kier alpha value is -1.14. The van der Waals surface area contributed by atoms with Crippen LogP contribution in [0.4, 0.5) is 0 Å². The van der Waals surface area contributed by atoms with Crippen LogP contribution < -0.4 is 4.74 Å². The number of aliphatic hydroxyl groups is 1. The first-order valence-electron chi connectivity index (χ1n) is 8.30. The molecule has 1 aliphatic rings. The molecule has 0 unspecified atom stereocenters. The Bertz CT molecular complexity index is 451. The molecule has 0 radical (unpaired) electrons. The van der Waals surface area contributed by atoms with Crippen LogP contribution in [-0.2, 0) is 9.47 Å². The summed E-state index contributed by atoms with van der Waals surface area (Å²) in [7, 11) is 3.33. The highest BCUT2D eigenvalue weighted by Gasteiger charge is 2.27. The van der Waals surface area contributed by atoms with Crippen molar-refractivity contribution in [3.63, 3.8) is 0 Å². The summed E-state index contributed by atoms with van der Waals surface area (Å²) in [4.78, 5) is 2.34. The fourth-order valence-corrected chi connectivity index (χ4v) is 3.13. The van der Waals surface area contributed by atoms with Gasteiger partial charge >= 0.3 is 0 Å². The first kappa shape index (κ1) is 18.2. The third-order valence-corrected chi connectivity index (χ3v) is 4.28. The number of likely N-dealkylation sites (tertiary alicyclic amines) is 1. The van der Waals surface area contributed by atoms with Crippen molar-refractivity contribution in [2.45, 2.75) is 38.0 Å². The zero-order valence-corrected chi connectivity index (χ0v) is 14.4. The van der Waals surface area contributed by atoms with Gasteiger partial charge in [0, 0.05) is 19.7 Å². The van der Waals surface area contributed by atoms with Crippen LogP contribution in [0.15, 0.2) is 24.3 Å². The fraction of sp³-hybridized carbons (Fsp3) is 0.667. The maximum absolute atomic E-state index is 10.2. The number of ether oxygens (including phenoxy) is 3. The fourth-order valence-electron chi connectivity index (χ4n) is 3.13. The molecule has 5 nitrogen and oxygen atoms in total. The van der Waals surface area contributed by atoms with Crippen molar-refractivity contribution >= 4 is 0 Å². The molecule has 5 heteroatoms. The van der Waals surface area contributed by atoms with Crippen molar-refractivity contribution in [1.82, 2.24) is 4.90 Å². The van der Waals surface area contributed by atoms with Gasteiger partial charge in [-0.15, -0.1) is 0 Å². The Morgan fingerprint density at radius 3 is 2.61 bits per heavy atom. The first-order chi connectivity index (χ1) is 11.1. The highest BCUT2D eigenvalue weighted by Crippen LogP contribution is 2.32. The molecule has 1 aromatic carbocycles. The molecular weight excluding hydrogens is 294 g/mol. The van der Waals surface area contributed by atoms with Gasteiger partial charge in [-0.2, -0.15) is 0 Å². The zero-order chi connectivity index (χ0) is 16.7. The number of methoxy groups -OCH3 is 2. The van der Waals surface area contributed by atoms with Crippen LogP contribution in [0.1, 0.15) is 31.4 Å². The molecule has 1 aromatic rings. The minimum atomic E-state index is -0.479. The number of hydrogen-bond donors (Lipinski definition) is 1. The van der Waals surface area contributed by atoms with E-state index in [-0.39, 0.29) is 6.10 Å². The van der Waals surface area contributed by atoms with Gasteiger partial charge in [-0.05, 0) is 44.0 Å². The van der Waals surface area contributed by atoms with E-state index in [0.717, 1.165) is 25.1 Å². The monoisotopic (exact) mass is 323 g/mol. The van der Waals surface area contributed by atoms with Crippen LogP contribution in [0.25, 0.3) is 0 Å². The molecule has 2 rings (SSSR count). The summed E-state index contributed by atoms with van der Waals surface area (Å²) in [5, 5.41) is 10.2. The number of β-amino-alcohol motifs (C(OH)–C–C–N with tert-alkyl or cyclic N) is 1. The minimum absolute atomic E-state index is 0.00520. The first-order valence-corrected chi connectivity index (χ1v) is 8.30. The summed E-state index contributed by atoms with van der Waals surface area (Å²) in [5.74, 6) is 0.874. The van der Waals surface area contributed by atoms with Gasteiger partial charge < -0.3 is 19.3 Å². The summed E-state index contributed by atoms with van der Waals surface area (Å²) >= 11 is 0. The molecule has 1 N–H and O–H groups in total. The molecule has 1 aliphatic heterocycles. The summed E-state index contributed by atoms with van der Waals surface area (Å²) in [6.45, 7) is 4.49. The van der Waals surface area contributed by atoms with Gasteiger partial charge in [-0.3, -0.25) is 4.90 Å². The lowest BCUT2D eigenvalue weighted by atomic mass is 10.0. The van der Waals surface area contributed by atoms with E-state index in [9.17, 15) is 5.11 Å². The number of nitrogens with zero attached hydrogens (tertiary/aromatic N) is 1. The van der Waals surface area contributed by atoms with Gasteiger partial charge in [0.2, 0.25) is 0 Å². The van der Waals surface area contributed by atoms with E-state index in [1.165, 1.54) is 5.56 Å². The topological polar surface area (TPSA) is 51.2 Å². The van der Waals surface area contributed by atoms with Crippen molar-refractivity contribution in [2.24, 2.45) is 0 Å². The predicted octanol–water partition coefficient (Wildman–Crippen LogP) is 2.24. The van der Waals surface area contributed by atoms with E-state index in [1.54, 1.807) is 14.2 Å². The normalized spacial score (nSPS) is 21.3. The van der Waals surface area contributed by atoms with Crippen molar-refractivity contribution in [2.75, 3.05) is 40.5 Å². The lowest BCUT2D eigenvalue weighted by molar-refractivity contribution is -0.0406. The Morgan fingerprint density at radius 1 is 1.22 bits per heavy atom. The largest absolute Gasteiger partial charge is 0.497 e. The summed E-state index contributed by atoms with van der Waals surface area (Å²) in [6.07, 6.45) is 1.81. The Kier molecular flexibility index (Phi) is 7.30. The minimum Gasteiger partial charge on any atom is -0.497 e. The van der Waals surface area contributed by atoms with E-state index < -0.39 is 6.10 Å². The van der Waals surface area contributed by atoms with Gasteiger partial charge in [-0.25, -0.2) is 0 Å². The summed E-state index contributed by atoms with van der Waals surface area (Å²) in [6, 6.07) is 8.60. The van der Waals surface area contributed by atoms with E-state index in [2.05, 4.69) is 17.0 Å². The molecule has 1 saturated heterocycles. The predicted molar refractivity (Wildman–Crippen MR) is 89.8 cm³/mol. The molecule has 130 valence electrons. The Balaban J connectivity index is 1.85. The highest BCUT2D eigenvalue weighted by atomic mass is 16.5. The molecule has 0 saturated carbocycles. The van der Waals surface area contributed by atoms with E-state index >= 15 is 0 Å². The second kappa shape index (κ2) is 9.23. The third kappa shape index (κ3) is 5.46. The smallest absolute Gasteiger partial charge is 0.118 e. The standard InChI is InChI=1S/C18H29NO4/c1-14(12-21-2)23-13-16(20)11-19-10-4-5-18(19)15-6-8-17(22-3)9-7-15/h6-9,14,16,18,20H,4-5,10-13H2,1-3H3/t14-,16-,18-/m0/s1. The van der Waals surface area contributed by atoms with Crippen molar-refractivity contribution < 1.29 is 19.3 Å². The van der Waals surface area contributed by atoms with E-state index in [4.69, 9.17) is 14.2 Å². The lowest BCUT2D eigenvalue weighted by Crippen LogP contribution is -2.35. The van der Waals surface area contributed by atoms with Crippen molar-refractivity contribution in [1.29, 1.82) is 0 Å². The maximum Gasteiger partial charge on any atom is 0.118 e. The molecule has 0 aromatic heterocycles. The van der Waals surface area contributed by atoms with Crippen LogP contribution >= 0.6 is 0 Å². The second-order valence-electron chi connectivity index (χ2n) is 6.18. The second-order valence-corrected chi connectivity index (χ2v) is 6.18. The molecule has 3 atom stereocenters. The molecule has 0 bridgehead atoms. The van der Waals surface area contributed by atoms with Crippen LogP contribution in [0.2, 0.25) is 0 Å². The molecule has 1 fully saturated rings. The van der Waals surface area contributed by atoms with Crippen molar-refractivity contribution in [3.05, 3.63) is 29.8 Å². The number of hydrogen-bond acceptors (Lipinski definition) is 5. The maximum atomic E-state index is 10.2. The third-order valence-electron chi connectivity index (χ3n) is 4.28. The average Bonchev–Trinajstić information content (AvgIpc) is 3.01. The van der Waals surface area contributed by atoms with Crippen LogP contribution in [-0.4, -0.2) is 62.7 Å². The highest BCUT2D eigenvalue weighted by molar-refractivity contribution is 5.29. The average molecular weight is 323 g/mol. The quantitative estimate of drug-likeness (QED) is 0.755. The number of aliphatic hydroxyl groups excluding tert-OH is 1. The number of rotatable bonds is 9. The number of benzene rings is 1. The van der Waals surface area contributed by atoms with Crippen LogP contribution in [0.3, 0.4) is 0 Å². The van der Waals surface area contributed by atoms with Gasteiger partial charge in [0.25, 0.3) is 0 Å². The van der Waals surface area contributed by atoms with Crippen molar-refractivity contribution in [3.8, 4) is 5.75 Å². The molecule has 0 spiro atoms. The van der Waals surface area contributed by atoms with Gasteiger partial charge in [0.1, 0.15) is 5.75 Å². The molecule has 0 amide bonds.